The highest BCUT2D eigenvalue weighted by molar-refractivity contribution is 5.38. The van der Waals surface area contributed by atoms with Gasteiger partial charge in [-0.3, -0.25) is 0 Å². The van der Waals surface area contributed by atoms with E-state index in [-0.39, 0.29) is 17.4 Å². The molecule has 3 saturated carbocycles. The van der Waals surface area contributed by atoms with E-state index in [1.54, 1.807) is 0 Å². The van der Waals surface area contributed by atoms with Crippen molar-refractivity contribution < 1.29 is 20.1 Å². The Labute approximate surface area is 182 Å². The first kappa shape index (κ1) is 23.7. The molecule has 170 valence electrons. The van der Waals surface area contributed by atoms with Crippen molar-refractivity contribution in [3.05, 3.63) is 35.5 Å². The number of hydrogen-bond donors (Lipinski definition) is 3. The van der Waals surface area contributed by atoms with Crippen molar-refractivity contribution in [3.63, 3.8) is 0 Å². The smallest absolute Gasteiger partial charge is 0.0811 e. The van der Waals surface area contributed by atoms with Gasteiger partial charge in [-0.1, -0.05) is 45.1 Å². The number of aliphatic hydroxyl groups excluding tert-OH is 3. The van der Waals surface area contributed by atoms with Crippen molar-refractivity contribution >= 4 is 0 Å². The molecule has 0 radical (unpaired) electrons. The lowest BCUT2D eigenvalue weighted by atomic mass is 9.62. The number of fused-ring (bicyclic) bond motifs is 1. The Morgan fingerprint density at radius 2 is 1.93 bits per heavy atom. The third-order valence-electron chi connectivity index (χ3n) is 8.17. The van der Waals surface area contributed by atoms with Gasteiger partial charge in [0, 0.05) is 6.42 Å². The molecule has 0 aromatic heterocycles. The summed E-state index contributed by atoms with van der Waals surface area (Å²) in [4.78, 5) is 0. The molecule has 3 aliphatic rings. The molecule has 0 aromatic carbocycles. The predicted molar refractivity (Wildman–Crippen MR) is 121 cm³/mol. The lowest BCUT2D eigenvalue weighted by Crippen LogP contribution is -2.39. The van der Waals surface area contributed by atoms with Crippen LogP contribution in [0.15, 0.2) is 35.5 Å². The van der Waals surface area contributed by atoms with Crippen LogP contribution >= 0.6 is 0 Å². The summed E-state index contributed by atoms with van der Waals surface area (Å²) in [5, 5.41) is 30.3. The van der Waals surface area contributed by atoms with Crippen LogP contribution in [0.3, 0.4) is 0 Å². The Kier molecular flexibility index (Phi) is 7.66. The summed E-state index contributed by atoms with van der Waals surface area (Å²) >= 11 is 0. The van der Waals surface area contributed by atoms with Gasteiger partial charge in [-0.15, -0.1) is 0 Å². The first-order valence-corrected chi connectivity index (χ1v) is 11.9. The van der Waals surface area contributed by atoms with E-state index in [0.29, 0.717) is 31.3 Å². The molecule has 0 unspecified atom stereocenters. The Morgan fingerprint density at radius 1 is 1.20 bits per heavy atom. The fraction of sp³-hybridized carbons (Fsp3) is 0.769. The van der Waals surface area contributed by atoms with E-state index in [9.17, 15) is 15.3 Å². The number of rotatable bonds is 6. The maximum atomic E-state index is 10.1. The van der Waals surface area contributed by atoms with Gasteiger partial charge >= 0.3 is 0 Å². The maximum absolute atomic E-state index is 10.1. The van der Waals surface area contributed by atoms with E-state index in [1.807, 2.05) is 13.8 Å². The van der Waals surface area contributed by atoms with Crippen molar-refractivity contribution in [2.45, 2.75) is 97.1 Å². The molecule has 0 aliphatic heterocycles. The molecule has 0 aromatic rings. The molecule has 0 heterocycles. The number of ether oxygens (including phenoxy) is 1. The van der Waals surface area contributed by atoms with Gasteiger partial charge in [0.2, 0.25) is 0 Å². The Morgan fingerprint density at radius 3 is 2.63 bits per heavy atom. The first-order chi connectivity index (χ1) is 14.1. The summed E-state index contributed by atoms with van der Waals surface area (Å²) < 4.78 is 6.14. The van der Waals surface area contributed by atoms with Gasteiger partial charge in [0.15, 0.2) is 0 Å². The molecule has 0 saturated heterocycles. The highest BCUT2D eigenvalue weighted by Crippen LogP contribution is 2.58. The third-order valence-corrected chi connectivity index (χ3v) is 8.17. The van der Waals surface area contributed by atoms with Gasteiger partial charge in [0.25, 0.3) is 0 Å². The second-order valence-electron chi connectivity index (χ2n) is 10.5. The van der Waals surface area contributed by atoms with Crippen LogP contribution in [0.2, 0.25) is 0 Å². The summed E-state index contributed by atoms with van der Waals surface area (Å²) in [6.45, 7) is 13.1. The molecular weight excluding hydrogens is 376 g/mol. The zero-order chi connectivity index (χ0) is 22.1. The molecule has 3 aliphatic carbocycles. The van der Waals surface area contributed by atoms with Gasteiger partial charge < -0.3 is 20.1 Å². The van der Waals surface area contributed by atoms with E-state index >= 15 is 0 Å². The molecule has 0 amide bonds. The lowest BCUT2D eigenvalue weighted by molar-refractivity contribution is -0.0651. The SMILES string of the molecule is C=C1/C(=C\C=C2/CCC[C@]3(C)[C@@H]([C@@H](C)OC[C@@H](O)C(C)C)CC[C@@H]23)C[C@@H](O)C[C@@H]1O. The Bertz CT molecular complexity index is 679. The Hall–Kier alpha value is -0.940. The summed E-state index contributed by atoms with van der Waals surface area (Å²) in [5.41, 5.74) is 3.46. The van der Waals surface area contributed by atoms with Crippen molar-refractivity contribution in [3.8, 4) is 0 Å². The summed E-state index contributed by atoms with van der Waals surface area (Å²) in [6, 6.07) is 0. The van der Waals surface area contributed by atoms with Crippen LogP contribution in [0.1, 0.15) is 72.6 Å². The van der Waals surface area contributed by atoms with Crippen molar-refractivity contribution in [2.24, 2.45) is 23.2 Å². The normalized spacial score (nSPS) is 39.5. The van der Waals surface area contributed by atoms with Crippen LogP contribution in [0.4, 0.5) is 0 Å². The van der Waals surface area contributed by atoms with Crippen LogP contribution in [0.25, 0.3) is 0 Å². The third kappa shape index (κ3) is 4.93. The first-order valence-electron chi connectivity index (χ1n) is 11.9. The highest BCUT2D eigenvalue weighted by Gasteiger charge is 2.51. The van der Waals surface area contributed by atoms with Gasteiger partial charge in [-0.05, 0) is 79.8 Å². The molecule has 0 spiro atoms. The van der Waals surface area contributed by atoms with Crippen LogP contribution in [0, 0.1) is 23.2 Å². The molecule has 3 N–H and O–H groups in total. The average Bonchev–Trinajstić information content (AvgIpc) is 3.04. The van der Waals surface area contributed by atoms with Crippen LogP contribution in [0.5, 0.6) is 0 Å². The van der Waals surface area contributed by atoms with Gasteiger partial charge in [-0.2, -0.15) is 0 Å². The fourth-order valence-electron chi connectivity index (χ4n) is 6.07. The maximum Gasteiger partial charge on any atom is 0.0811 e. The molecule has 4 nitrogen and oxygen atoms in total. The molecule has 0 bridgehead atoms. The predicted octanol–water partition coefficient (Wildman–Crippen LogP) is 4.55. The Balaban J connectivity index is 1.72. The molecule has 3 fully saturated rings. The fourth-order valence-corrected chi connectivity index (χ4v) is 6.07. The zero-order valence-corrected chi connectivity index (χ0v) is 19.3. The van der Waals surface area contributed by atoms with Gasteiger partial charge in [-0.25, -0.2) is 0 Å². The van der Waals surface area contributed by atoms with E-state index in [2.05, 4.69) is 32.6 Å². The summed E-state index contributed by atoms with van der Waals surface area (Å²) in [6.07, 6.45) is 9.82. The minimum absolute atomic E-state index is 0.148. The number of hydrogen-bond acceptors (Lipinski definition) is 4. The zero-order valence-electron chi connectivity index (χ0n) is 19.3. The molecule has 3 rings (SSSR count). The van der Waals surface area contributed by atoms with E-state index in [1.165, 1.54) is 24.8 Å². The number of allylic oxidation sites excluding steroid dienone is 3. The van der Waals surface area contributed by atoms with E-state index in [4.69, 9.17) is 4.74 Å². The van der Waals surface area contributed by atoms with Crippen LogP contribution < -0.4 is 0 Å². The van der Waals surface area contributed by atoms with Gasteiger partial charge in [0.1, 0.15) is 0 Å². The van der Waals surface area contributed by atoms with Crippen LogP contribution in [-0.2, 0) is 4.74 Å². The monoisotopic (exact) mass is 418 g/mol. The summed E-state index contributed by atoms with van der Waals surface area (Å²) in [7, 11) is 0. The quantitative estimate of drug-likeness (QED) is 0.592. The topological polar surface area (TPSA) is 69.9 Å². The number of aliphatic hydroxyl groups is 3. The highest BCUT2D eigenvalue weighted by atomic mass is 16.5. The lowest BCUT2D eigenvalue weighted by Gasteiger charge is -2.44. The van der Waals surface area contributed by atoms with Crippen LogP contribution in [-0.4, -0.2) is 46.3 Å². The molecule has 30 heavy (non-hydrogen) atoms. The van der Waals surface area contributed by atoms with E-state index < -0.39 is 18.3 Å². The van der Waals surface area contributed by atoms with Gasteiger partial charge in [0.05, 0.1) is 31.0 Å². The van der Waals surface area contributed by atoms with Crippen molar-refractivity contribution in [1.82, 2.24) is 0 Å². The summed E-state index contributed by atoms with van der Waals surface area (Å²) in [5.74, 6) is 1.28. The van der Waals surface area contributed by atoms with Crippen molar-refractivity contribution in [2.75, 3.05) is 6.61 Å². The second kappa shape index (κ2) is 9.68. The molecule has 7 atom stereocenters. The minimum atomic E-state index is -0.634. The molecule has 4 heteroatoms. The average molecular weight is 419 g/mol. The van der Waals surface area contributed by atoms with E-state index in [0.717, 1.165) is 24.0 Å². The largest absolute Gasteiger partial charge is 0.393 e. The van der Waals surface area contributed by atoms with Crippen molar-refractivity contribution in [1.29, 1.82) is 0 Å². The second-order valence-corrected chi connectivity index (χ2v) is 10.5. The standard InChI is InChI=1S/C26H42O4/c1-16(2)25(29)15-30-18(4)22-10-11-23-19(7-6-12-26(22,23)5)8-9-20-13-21(27)14-24(28)17(20)3/h8-9,16,18,21-25,27-29H,3,6-7,10-15H2,1-2,4-5H3/b19-8+,20-9-/t18-,21-,22-,23+,24+,25-,26-/m1/s1. The minimum Gasteiger partial charge on any atom is -0.393 e. The molecular formula is C26H42O4.